The zero-order valence-electron chi connectivity index (χ0n) is 11.4. The smallest absolute Gasteiger partial charge is 0.416 e. The first-order valence-corrected chi connectivity index (χ1v) is 6.03. The van der Waals surface area contributed by atoms with Gasteiger partial charge in [-0.1, -0.05) is 0 Å². The first-order chi connectivity index (χ1) is 9.54. The summed E-state index contributed by atoms with van der Waals surface area (Å²) >= 11 is 0. The molecule has 0 aromatic heterocycles. The molecule has 0 saturated carbocycles. The molecular formula is C13H15F3N2O3. The number of carbonyl (C=O) groups is 2. The number of hydrogen-bond acceptors (Lipinski definition) is 3. The van der Waals surface area contributed by atoms with Crippen LogP contribution in [0.2, 0.25) is 0 Å². The van der Waals surface area contributed by atoms with Crippen molar-refractivity contribution in [1.82, 2.24) is 0 Å². The van der Waals surface area contributed by atoms with Crippen LogP contribution in [0.3, 0.4) is 0 Å². The van der Waals surface area contributed by atoms with Crippen LogP contribution in [0.5, 0.6) is 0 Å². The lowest BCUT2D eigenvalue weighted by molar-refractivity contribution is -0.137. The van der Waals surface area contributed by atoms with Gasteiger partial charge < -0.3 is 15.7 Å². The molecule has 0 aliphatic heterocycles. The van der Waals surface area contributed by atoms with Crippen LogP contribution in [-0.2, 0) is 11.0 Å². The number of carbonyl (C=O) groups excluding carboxylic acids is 1. The van der Waals surface area contributed by atoms with Crippen LogP contribution < -0.4 is 10.6 Å². The molecule has 0 heterocycles. The maximum atomic E-state index is 12.7. The largest absolute Gasteiger partial charge is 0.478 e. The van der Waals surface area contributed by atoms with Crippen molar-refractivity contribution in [2.75, 3.05) is 11.4 Å². The molecule has 0 spiro atoms. The molecule has 1 rings (SSSR count). The minimum Gasteiger partial charge on any atom is -0.478 e. The third-order valence-electron chi connectivity index (χ3n) is 2.81. The minimum absolute atomic E-state index is 0.0179. The van der Waals surface area contributed by atoms with E-state index >= 15 is 0 Å². The number of primary amides is 1. The molecule has 0 radical (unpaired) electrons. The second-order valence-corrected chi connectivity index (χ2v) is 4.72. The van der Waals surface area contributed by atoms with Gasteiger partial charge in [-0.25, -0.2) is 4.79 Å². The zero-order chi connectivity index (χ0) is 16.4. The summed E-state index contributed by atoms with van der Waals surface area (Å²) < 4.78 is 38.0. The van der Waals surface area contributed by atoms with E-state index in [4.69, 9.17) is 10.8 Å². The molecule has 0 fully saturated rings. The fraction of sp³-hybridized carbons (Fsp3) is 0.385. The SMILES string of the molecule is CC(C)N(CC(N)=O)c1ccc(C(F)(F)F)cc1C(=O)O. The molecule has 5 nitrogen and oxygen atoms in total. The number of anilines is 1. The van der Waals surface area contributed by atoms with Crippen LogP contribution >= 0.6 is 0 Å². The number of aromatic carboxylic acids is 1. The van der Waals surface area contributed by atoms with Gasteiger partial charge in [0.25, 0.3) is 0 Å². The Balaban J connectivity index is 3.40. The van der Waals surface area contributed by atoms with Gasteiger partial charge >= 0.3 is 12.1 Å². The van der Waals surface area contributed by atoms with E-state index in [0.717, 1.165) is 12.1 Å². The number of amides is 1. The molecule has 1 amide bonds. The summed E-state index contributed by atoms with van der Waals surface area (Å²) in [5, 5.41) is 9.11. The van der Waals surface area contributed by atoms with Crippen molar-refractivity contribution in [3.05, 3.63) is 29.3 Å². The van der Waals surface area contributed by atoms with Crippen molar-refractivity contribution < 1.29 is 27.9 Å². The Morgan fingerprint density at radius 2 is 1.90 bits per heavy atom. The Bertz CT molecular complexity index is 556. The number of carboxylic acid groups (broad SMARTS) is 1. The maximum Gasteiger partial charge on any atom is 0.416 e. The number of nitrogens with two attached hydrogens (primary N) is 1. The lowest BCUT2D eigenvalue weighted by Gasteiger charge is -2.29. The van der Waals surface area contributed by atoms with E-state index in [1.54, 1.807) is 13.8 Å². The van der Waals surface area contributed by atoms with Crippen LogP contribution in [0, 0.1) is 0 Å². The van der Waals surface area contributed by atoms with Gasteiger partial charge in [-0.3, -0.25) is 4.79 Å². The molecule has 8 heteroatoms. The number of benzene rings is 1. The summed E-state index contributed by atoms with van der Waals surface area (Å²) in [7, 11) is 0. The van der Waals surface area contributed by atoms with Crippen LogP contribution in [-0.4, -0.2) is 29.6 Å². The third-order valence-corrected chi connectivity index (χ3v) is 2.81. The van der Waals surface area contributed by atoms with Crippen molar-refractivity contribution in [1.29, 1.82) is 0 Å². The minimum atomic E-state index is -4.64. The van der Waals surface area contributed by atoms with E-state index in [9.17, 15) is 22.8 Å². The van der Waals surface area contributed by atoms with Crippen molar-refractivity contribution in [3.63, 3.8) is 0 Å². The molecule has 0 aliphatic carbocycles. The molecule has 3 N–H and O–H groups in total. The lowest BCUT2D eigenvalue weighted by Crippen LogP contribution is -2.39. The summed E-state index contributed by atoms with van der Waals surface area (Å²) in [5.74, 6) is -2.22. The predicted molar refractivity (Wildman–Crippen MR) is 70.1 cm³/mol. The van der Waals surface area contributed by atoms with Crippen molar-refractivity contribution >= 4 is 17.6 Å². The molecule has 1 aromatic carbocycles. The van der Waals surface area contributed by atoms with E-state index < -0.39 is 29.2 Å². The van der Waals surface area contributed by atoms with Crippen molar-refractivity contribution in [3.8, 4) is 0 Å². The van der Waals surface area contributed by atoms with Crippen LogP contribution in [0.4, 0.5) is 18.9 Å². The van der Waals surface area contributed by atoms with E-state index in [1.165, 1.54) is 4.90 Å². The number of carboxylic acids is 1. The molecule has 0 unspecified atom stereocenters. The predicted octanol–water partition coefficient (Wildman–Crippen LogP) is 2.10. The van der Waals surface area contributed by atoms with Gasteiger partial charge in [0.05, 0.1) is 23.4 Å². The second-order valence-electron chi connectivity index (χ2n) is 4.72. The van der Waals surface area contributed by atoms with Crippen LogP contribution in [0.25, 0.3) is 0 Å². The molecule has 21 heavy (non-hydrogen) atoms. The molecule has 0 bridgehead atoms. The molecule has 0 aliphatic rings. The molecule has 116 valence electrons. The summed E-state index contributed by atoms with van der Waals surface area (Å²) in [4.78, 5) is 23.6. The number of nitrogens with zero attached hydrogens (tertiary/aromatic N) is 1. The van der Waals surface area contributed by atoms with E-state index in [2.05, 4.69) is 0 Å². The van der Waals surface area contributed by atoms with Gasteiger partial charge in [0.2, 0.25) is 5.91 Å². The third kappa shape index (κ3) is 4.11. The Kier molecular flexibility index (Phi) is 4.82. The van der Waals surface area contributed by atoms with Crippen molar-refractivity contribution in [2.24, 2.45) is 5.73 Å². The fourth-order valence-electron chi connectivity index (χ4n) is 1.85. The topological polar surface area (TPSA) is 83.6 Å². The van der Waals surface area contributed by atoms with Gasteiger partial charge in [-0.05, 0) is 32.0 Å². The van der Waals surface area contributed by atoms with Gasteiger partial charge in [-0.2, -0.15) is 13.2 Å². The number of halogens is 3. The molecular weight excluding hydrogens is 289 g/mol. The fourth-order valence-corrected chi connectivity index (χ4v) is 1.85. The zero-order valence-corrected chi connectivity index (χ0v) is 11.4. The van der Waals surface area contributed by atoms with Crippen LogP contribution in [0.1, 0.15) is 29.8 Å². The highest BCUT2D eigenvalue weighted by Gasteiger charge is 2.32. The lowest BCUT2D eigenvalue weighted by atomic mass is 10.1. The van der Waals surface area contributed by atoms with Gasteiger partial charge in [0.15, 0.2) is 0 Å². The van der Waals surface area contributed by atoms with Gasteiger partial charge in [0, 0.05) is 6.04 Å². The highest BCUT2D eigenvalue weighted by molar-refractivity contribution is 5.95. The number of alkyl halides is 3. The quantitative estimate of drug-likeness (QED) is 0.872. The Morgan fingerprint density at radius 3 is 2.29 bits per heavy atom. The highest BCUT2D eigenvalue weighted by Crippen LogP contribution is 2.33. The Morgan fingerprint density at radius 1 is 1.33 bits per heavy atom. The maximum absolute atomic E-state index is 12.7. The van der Waals surface area contributed by atoms with Crippen LogP contribution in [0.15, 0.2) is 18.2 Å². The summed E-state index contributed by atoms with van der Waals surface area (Å²) in [6.07, 6.45) is -4.64. The average Bonchev–Trinajstić information content (AvgIpc) is 2.33. The Labute approximate surface area is 119 Å². The molecule has 0 atom stereocenters. The summed E-state index contributed by atoms with van der Waals surface area (Å²) in [6, 6.07) is 2.05. The van der Waals surface area contributed by atoms with Gasteiger partial charge in [0.1, 0.15) is 0 Å². The average molecular weight is 304 g/mol. The van der Waals surface area contributed by atoms with Gasteiger partial charge in [-0.15, -0.1) is 0 Å². The summed E-state index contributed by atoms with van der Waals surface area (Å²) in [6.45, 7) is 3.06. The first kappa shape index (κ1) is 16.8. The molecule has 0 saturated heterocycles. The number of rotatable bonds is 5. The van der Waals surface area contributed by atoms with E-state index in [0.29, 0.717) is 6.07 Å². The Hall–Kier alpha value is -2.25. The monoisotopic (exact) mass is 304 g/mol. The van der Waals surface area contributed by atoms with Crippen molar-refractivity contribution in [2.45, 2.75) is 26.1 Å². The number of hydrogen-bond donors (Lipinski definition) is 2. The standard InChI is InChI=1S/C13H15F3N2O3/c1-7(2)18(6-11(17)19)10-4-3-8(13(14,15)16)5-9(10)12(20)21/h3-5,7H,6H2,1-2H3,(H2,17,19)(H,20,21). The van der Waals surface area contributed by atoms with E-state index in [1.807, 2.05) is 0 Å². The first-order valence-electron chi connectivity index (χ1n) is 6.03. The highest BCUT2D eigenvalue weighted by atomic mass is 19.4. The summed E-state index contributed by atoms with van der Waals surface area (Å²) in [5.41, 5.74) is 3.51. The second kappa shape index (κ2) is 6.02. The normalized spacial score (nSPS) is 11.5. The van der Waals surface area contributed by atoms with E-state index in [-0.39, 0.29) is 18.3 Å². The molecule has 1 aromatic rings.